The van der Waals surface area contributed by atoms with E-state index >= 15 is 0 Å². The average Bonchev–Trinajstić information content (AvgIpc) is 2.43. The monoisotopic (exact) mass is 355 g/mol. The Morgan fingerprint density at radius 1 is 1.19 bits per heavy atom. The molecule has 0 aliphatic rings. The van der Waals surface area contributed by atoms with Crippen molar-refractivity contribution >= 4 is 27.8 Å². The van der Waals surface area contributed by atoms with E-state index in [4.69, 9.17) is 5.11 Å². The third-order valence-electron chi connectivity index (χ3n) is 3.23. The molecule has 0 aromatic heterocycles. The summed E-state index contributed by atoms with van der Waals surface area (Å²) in [5.41, 5.74) is 1.25. The van der Waals surface area contributed by atoms with Gasteiger partial charge in [0.25, 0.3) is 0 Å². The molecule has 1 rings (SSSR count). The number of carboxylic acids is 1. The summed E-state index contributed by atoms with van der Waals surface area (Å²) in [4.78, 5) is 22.0. The van der Waals surface area contributed by atoms with Crippen LogP contribution in [0.5, 0.6) is 0 Å². The zero-order valence-electron chi connectivity index (χ0n) is 12.3. The number of halogens is 1. The molecule has 2 N–H and O–H groups in total. The summed E-state index contributed by atoms with van der Waals surface area (Å²) in [5.74, 6) is -0.804. The molecule has 116 valence electrons. The van der Waals surface area contributed by atoms with E-state index < -0.39 is 5.97 Å². The van der Waals surface area contributed by atoms with Crippen LogP contribution in [0.3, 0.4) is 0 Å². The van der Waals surface area contributed by atoms with Gasteiger partial charge in [-0.3, -0.25) is 9.59 Å². The first-order chi connectivity index (χ1) is 9.97. The summed E-state index contributed by atoms with van der Waals surface area (Å²) < 4.78 is 1.06. The molecule has 0 saturated carbocycles. The Bertz CT molecular complexity index is 459. The van der Waals surface area contributed by atoms with E-state index in [9.17, 15) is 9.59 Å². The van der Waals surface area contributed by atoms with Crippen LogP contribution in [0, 0.1) is 0 Å². The summed E-state index contributed by atoms with van der Waals surface area (Å²) in [7, 11) is 0. The van der Waals surface area contributed by atoms with Gasteiger partial charge in [-0.25, -0.2) is 0 Å². The Balaban J connectivity index is 2.17. The van der Waals surface area contributed by atoms with Crippen LogP contribution in [0.4, 0.5) is 0 Å². The minimum atomic E-state index is -0.807. The van der Waals surface area contributed by atoms with Gasteiger partial charge in [-0.2, -0.15) is 0 Å². The first-order valence-electron chi connectivity index (χ1n) is 7.23. The maximum atomic E-state index is 11.7. The van der Waals surface area contributed by atoms with Crippen molar-refractivity contribution < 1.29 is 14.7 Å². The number of carbonyl (C=O) groups excluding carboxylic acids is 1. The van der Waals surface area contributed by atoms with Crippen LogP contribution in [0.2, 0.25) is 0 Å². The fourth-order valence-corrected chi connectivity index (χ4v) is 2.28. The van der Waals surface area contributed by atoms with Crippen LogP contribution >= 0.6 is 15.9 Å². The highest BCUT2D eigenvalue weighted by molar-refractivity contribution is 9.10. The second kappa shape index (κ2) is 9.55. The number of carboxylic acid groups (broad SMARTS) is 1. The van der Waals surface area contributed by atoms with Crippen LogP contribution in [-0.4, -0.2) is 23.0 Å². The molecule has 0 spiro atoms. The third kappa shape index (κ3) is 8.50. The Labute approximate surface area is 134 Å². The molecule has 0 heterocycles. The zero-order chi connectivity index (χ0) is 15.7. The first kappa shape index (κ1) is 17.7. The lowest BCUT2D eigenvalue weighted by Crippen LogP contribution is -2.32. The highest BCUT2D eigenvalue weighted by Gasteiger charge is 2.08. The van der Waals surface area contributed by atoms with E-state index in [0.29, 0.717) is 19.3 Å². The Kier molecular flexibility index (Phi) is 8.05. The number of amides is 1. The predicted molar refractivity (Wildman–Crippen MR) is 86.2 cm³/mol. The smallest absolute Gasteiger partial charge is 0.303 e. The SMILES string of the molecule is CC(CCc1ccc(Br)cc1)NC(=O)CCCCC(=O)O. The molecule has 1 atom stereocenters. The summed E-state index contributed by atoms with van der Waals surface area (Å²) >= 11 is 3.40. The Morgan fingerprint density at radius 2 is 1.81 bits per heavy atom. The summed E-state index contributed by atoms with van der Waals surface area (Å²) in [6, 6.07) is 8.30. The fourth-order valence-electron chi connectivity index (χ4n) is 2.02. The van der Waals surface area contributed by atoms with Gasteiger partial charge in [0.1, 0.15) is 0 Å². The van der Waals surface area contributed by atoms with Gasteiger partial charge >= 0.3 is 5.97 Å². The van der Waals surface area contributed by atoms with E-state index in [1.807, 2.05) is 19.1 Å². The molecule has 0 fully saturated rings. The van der Waals surface area contributed by atoms with Gasteiger partial charge in [0.05, 0.1) is 0 Å². The van der Waals surface area contributed by atoms with Crippen LogP contribution < -0.4 is 5.32 Å². The van der Waals surface area contributed by atoms with Crippen LogP contribution in [0.15, 0.2) is 28.7 Å². The number of aryl methyl sites for hydroxylation is 1. The number of unbranched alkanes of at least 4 members (excludes halogenated alkanes) is 1. The van der Waals surface area contributed by atoms with Crippen molar-refractivity contribution in [1.29, 1.82) is 0 Å². The number of carbonyl (C=O) groups is 2. The van der Waals surface area contributed by atoms with E-state index in [2.05, 4.69) is 33.4 Å². The Morgan fingerprint density at radius 3 is 2.43 bits per heavy atom. The Hall–Kier alpha value is -1.36. The van der Waals surface area contributed by atoms with Crippen LogP contribution in [0.25, 0.3) is 0 Å². The minimum Gasteiger partial charge on any atom is -0.481 e. The van der Waals surface area contributed by atoms with Gasteiger partial charge in [0.2, 0.25) is 5.91 Å². The maximum absolute atomic E-state index is 11.7. The van der Waals surface area contributed by atoms with Gasteiger partial charge in [-0.15, -0.1) is 0 Å². The summed E-state index contributed by atoms with van der Waals surface area (Å²) in [5, 5.41) is 11.5. The number of hydrogen-bond donors (Lipinski definition) is 2. The molecule has 1 aromatic carbocycles. The lowest BCUT2D eigenvalue weighted by molar-refractivity contribution is -0.137. The van der Waals surface area contributed by atoms with Crippen molar-refractivity contribution in [3.05, 3.63) is 34.3 Å². The van der Waals surface area contributed by atoms with Crippen molar-refractivity contribution in [2.75, 3.05) is 0 Å². The number of benzene rings is 1. The van der Waals surface area contributed by atoms with Gasteiger partial charge in [0.15, 0.2) is 0 Å². The van der Waals surface area contributed by atoms with Gasteiger partial charge in [0, 0.05) is 23.4 Å². The fraction of sp³-hybridized carbons (Fsp3) is 0.500. The molecule has 1 unspecified atom stereocenters. The molecule has 0 saturated heterocycles. The lowest BCUT2D eigenvalue weighted by atomic mass is 10.1. The second-order valence-electron chi connectivity index (χ2n) is 5.23. The van der Waals surface area contributed by atoms with E-state index in [-0.39, 0.29) is 18.4 Å². The molecule has 5 heteroatoms. The molecule has 0 radical (unpaired) electrons. The van der Waals surface area contributed by atoms with Crippen LogP contribution in [-0.2, 0) is 16.0 Å². The van der Waals surface area contributed by atoms with Crippen LogP contribution in [0.1, 0.15) is 44.6 Å². The van der Waals surface area contributed by atoms with Crippen molar-refractivity contribution in [3.8, 4) is 0 Å². The average molecular weight is 356 g/mol. The maximum Gasteiger partial charge on any atom is 0.303 e. The molecular formula is C16H22BrNO3. The van der Waals surface area contributed by atoms with Gasteiger partial charge in [-0.1, -0.05) is 28.1 Å². The van der Waals surface area contributed by atoms with Crippen molar-refractivity contribution in [2.24, 2.45) is 0 Å². The molecule has 0 aliphatic heterocycles. The quantitative estimate of drug-likeness (QED) is 0.665. The number of nitrogens with one attached hydrogen (secondary N) is 1. The van der Waals surface area contributed by atoms with Crippen molar-refractivity contribution in [1.82, 2.24) is 5.32 Å². The minimum absolute atomic E-state index is 0.00342. The molecule has 21 heavy (non-hydrogen) atoms. The van der Waals surface area contributed by atoms with E-state index in [1.165, 1.54) is 5.56 Å². The normalized spacial score (nSPS) is 11.9. The molecule has 0 aliphatic carbocycles. The van der Waals surface area contributed by atoms with Gasteiger partial charge in [-0.05, 0) is 50.3 Å². The predicted octanol–water partition coefficient (Wildman–Crippen LogP) is 3.53. The third-order valence-corrected chi connectivity index (χ3v) is 3.76. The number of aliphatic carboxylic acids is 1. The van der Waals surface area contributed by atoms with Crippen molar-refractivity contribution in [3.63, 3.8) is 0 Å². The number of rotatable bonds is 9. The van der Waals surface area contributed by atoms with Gasteiger partial charge < -0.3 is 10.4 Å². The highest BCUT2D eigenvalue weighted by atomic mass is 79.9. The number of hydrogen-bond acceptors (Lipinski definition) is 2. The molecular weight excluding hydrogens is 334 g/mol. The largest absolute Gasteiger partial charge is 0.481 e. The summed E-state index contributed by atoms with van der Waals surface area (Å²) in [6.45, 7) is 1.99. The van der Waals surface area contributed by atoms with E-state index in [1.54, 1.807) is 0 Å². The zero-order valence-corrected chi connectivity index (χ0v) is 13.9. The van der Waals surface area contributed by atoms with E-state index in [0.717, 1.165) is 17.3 Å². The molecule has 0 bridgehead atoms. The summed E-state index contributed by atoms with van der Waals surface area (Å²) in [6.07, 6.45) is 3.52. The topological polar surface area (TPSA) is 66.4 Å². The second-order valence-corrected chi connectivity index (χ2v) is 6.15. The lowest BCUT2D eigenvalue weighted by Gasteiger charge is -2.14. The molecule has 4 nitrogen and oxygen atoms in total. The molecule has 1 amide bonds. The standard InChI is InChI=1S/C16H22BrNO3/c1-12(6-7-13-8-10-14(17)11-9-13)18-15(19)4-2-3-5-16(20)21/h8-12H,2-7H2,1H3,(H,18,19)(H,20,21). The molecule has 1 aromatic rings. The van der Waals surface area contributed by atoms with Crippen molar-refractivity contribution in [2.45, 2.75) is 51.5 Å². The highest BCUT2D eigenvalue weighted by Crippen LogP contribution is 2.12. The first-order valence-corrected chi connectivity index (χ1v) is 8.02.